The van der Waals surface area contributed by atoms with Crippen molar-refractivity contribution in [2.24, 2.45) is 0 Å². The van der Waals surface area contributed by atoms with Gasteiger partial charge in [0.25, 0.3) is 0 Å². The summed E-state index contributed by atoms with van der Waals surface area (Å²) in [4.78, 5) is 32.2. The number of benzene rings is 4. The monoisotopic (exact) mass is 1030 g/mol. The Labute approximate surface area is 448 Å². The molecule has 0 radical (unpaired) electrons. The Hall–Kier alpha value is -7.45. The fourth-order valence-corrected chi connectivity index (χ4v) is 11.5. The Morgan fingerprint density at radius 2 is 1.09 bits per heavy atom. The molecule has 0 bridgehead atoms. The van der Waals surface area contributed by atoms with Crippen molar-refractivity contribution in [2.75, 3.05) is 19.8 Å². The average molecular weight is 1030 g/mol. The van der Waals surface area contributed by atoms with E-state index in [1.54, 1.807) is 0 Å². The summed E-state index contributed by atoms with van der Waals surface area (Å²) in [6.45, 7) is 25.5. The standard InChI is InChI=1S/C32H33N3O4.C32H35N3O3/c1-17(2)22-16-35-23-15-18(3)26(30(31(36)37)39-32(4,5)6)28(20(23)8-10-25(35)34-22)21-7-9-24-27-19(12-14-38-24)11-13-33-29(21)27;1-18(2)23-16-35-24-15-19(3)28(26(17-36)38-32(4,5)6)30(21(24)8-10-27(35)34-23)22-7-9-25-29-20(12-14-37-25)11-13-33-31(22)29/h7-11,13,15-17,30H,12,14H2,1-6H3,(H,36,37);7-11,13,15-16,18,26,36H,12,14,17H2,1-6H3/t30-;26-/m01/s1. The van der Waals surface area contributed by atoms with Crippen LogP contribution in [0.3, 0.4) is 0 Å². The van der Waals surface area contributed by atoms with Crippen LogP contribution in [0.1, 0.15) is 138 Å². The molecule has 0 saturated heterocycles. The molecule has 13 heteroatoms. The largest absolute Gasteiger partial charge is 0.493 e. The van der Waals surface area contributed by atoms with Crippen molar-refractivity contribution in [2.45, 2.75) is 131 Å². The van der Waals surface area contributed by atoms with Crippen LogP contribution in [0.4, 0.5) is 0 Å². The van der Waals surface area contributed by atoms with Crippen molar-refractivity contribution in [3.63, 3.8) is 0 Å². The number of aliphatic carboxylic acids is 1. The second-order valence-corrected chi connectivity index (χ2v) is 23.3. The van der Waals surface area contributed by atoms with Crippen LogP contribution < -0.4 is 9.47 Å². The first-order chi connectivity index (χ1) is 36.7. The van der Waals surface area contributed by atoms with Crippen molar-refractivity contribution in [1.82, 2.24) is 28.7 Å². The molecule has 0 saturated carbocycles. The highest BCUT2D eigenvalue weighted by atomic mass is 16.5. The van der Waals surface area contributed by atoms with Crippen LogP contribution in [0.25, 0.3) is 77.2 Å². The molecule has 0 fully saturated rings. The third-order valence-electron chi connectivity index (χ3n) is 14.8. The summed E-state index contributed by atoms with van der Waals surface area (Å²) in [7, 11) is 0. The Kier molecular flexibility index (Phi) is 13.1. The molecule has 6 aromatic heterocycles. The van der Waals surface area contributed by atoms with E-state index in [2.05, 4.69) is 98.3 Å². The molecule has 2 aliphatic rings. The highest BCUT2D eigenvalue weighted by Crippen LogP contribution is 2.48. The number of aliphatic hydroxyl groups excluding tert-OH is 1. The number of rotatable bonds is 10. The summed E-state index contributed by atoms with van der Waals surface area (Å²) in [5.41, 5.74) is 16.1. The SMILES string of the molecule is Cc1cc2c(ccc3nc(C(C)C)cn32)c(-c2ccc3c4c(ccnc24)CCO3)c1[C@@H](CO)OC(C)(C)C.Cc1cc2c(ccc3nc(C(C)C)cn32)c(-c2ccc3c4c(ccnc24)CCO3)c1[C@H](OC(C)(C)C)C(=O)O. The highest BCUT2D eigenvalue weighted by molar-refractivity contribution is 6.10. The predicted octanol–water partition coefficient (Wildman–Crippen LogP) is 13.9. The van der Waals surface area contributed by atoms with E-state index in [4.69, 9.17) is 38.9 Å². The number of aromatic nitrogens is 6. The molecular weight excluding hydrogens is 965 g/mol. The van der Waals surface area contributed by atoms with E-state index in [9.17, 15) is 15.0 Å². The average Bonchev–Trinajstić information content (AvgIpc) is 4.21. The van der Waals surface area contributed by atoms with Gasteiger partial charge in [-0.25, -0.2) is 14.8 Å². The predicted molar refractivity (Wildman–Crippen MR) is 305 cm³/mol. The molecule has 12 rings (SSSR count). The number of imidazole rings is 2. The lowest BCUT2D eigenvalue weighted by atomic mass is 9.86. The summed E-state index contributed by atoms with van der Waals surface area (Å²) in [5, 5.41) is 25.1. The number of ether oxygens (including phenoxy) is 4. The smallest absolute Gasteiger partial charge is 0.337 e. The maximum atomic E-state index is 12.8. The number of hydrogen-bond donors (Lipinski definition) is 2. The van der Waals surface area contributed by atoms with Crippen molar-refractivity contribution >= 4 is 60.9 Å². The molecule has 0 unspecified atom stereocenters. The number of fused-ring (bicyclic) bond motifs is 6. The number of carboxylic acid groups (broad SMARTS) is 1. The molecule has 0 amide bonds. The Morgan fingerprint density at radius 3 is 1.52 bits per heavy atom. The lowest BCUT2D eigenvalue weighted by molar-refractivity contribution is -0.160. The van der Waals surface area contributed by atoms with Crippen LogP contribution >= 0.6 is 0 Å². The molecule has 8 heterocycles. The van der Waals surface area contributed by atoms with E-state index >= 15 is 0 Å². The maximum Gasteiger partial charge on any atom is 0.337 e. The molecule has 2 atom stereocenters. The number of pyridine rings is 4. The van der Waals surface area contributed by atoms with E-state index in [1.165, 1.54) is 11.1 Å². The summed E-state index contributed by atoms with van der Waals surface area (Å²) in [6.07, 6.45) is 7.94. The van der Waals surface area contributed by atoms with Crippen molar-refractivity contribution in [1.29, 1.82) is 0 Å². The minimum Gasteiger partial charge on any atom is -0.493 e. The highest BCUT2D eigenvalue weighted by Gasteiger charge is 2.34. The lowest BCUT2D eigenvalue weighted by Gasteiger charge is -2.30. The van der Waals surface area contributed by atoms with E-state index in [0.717, 1.165) is 130 Å². The van der Waals surface area contributed by atoms with Gasteiger partial charge < -0.3 is 29.2 Å². The van der Waals surface area contributed by atoms with Crippen molar-refractivity contribution in [3.05, 3.63) is 142 Å². The van der Waals surface area contributed by atoms with E-state index in [1.807, 2.05) is 91.2 Å². The maximum absolute atomic E-state index is 12.8. The molecule has 13 nitrogen and oxygen atoms in total. The van der Waals surface area contributed by atoms with Gasteiger partial charge in [-0.2, -0.15) is 0 Å². The number of carbonyl (C=O) groups is 1. The summed E-state index contributed by atoms with van der Waals surface area (Å²) < 4.78 is 29.0. The zero-order valence-electron chi connectivity index (χ0n) is 46.2. The number of aryl methyl sites for hydroxylation is 2. The van der Waals surface area contributed by atoms with Gasteiger partial charge in [0.05, 0.1) is 64.5 Å². The Bertz CT molecular complexity index is 3970. The topological polar surface area (TPSA) is 155 Å². The fourth-order valence-electron chi connectivity index (χ4n) is 11.5. The van der Waals surface area contributed by atoms with Gasteiger partial charge in [0.2, 0.25) is 0 Å². The van der Waals surface area contributed by atoms with Crippen LogP contribution in [-0.4, -0.2) is 75.9 Å². The molecule has 4 aromatic carbocycles. The van der Waals surface area contributed by atoms with Gasteiger partial charge >= 0.3 is 5.97 Å². The van der Waals surface area contributed by atoms with Gasteiger partial charge in [0, 0.05) is 75.9 Å². The van der Waals surface area contributed by atoms with E-state index in [-0.39, 0.29) is 12.5 Å². The van der Waals surface area contributed by atoms with Gasteiger partial charge in [-0.15, -0.1) is 0 Å². The van der Waals surface area contributed by atoms with E-state index in [0.29, 0.717) is 24.7 Å². The number of hydrogen-bond acceptors (Lipinski definition) is 10. The van der Waals surface area contributed by atoms with Gasteiger partial charge in [-0.05, 0) is 179 Å². The van der Waals surface area contributed by atoms with Gasteiger partial charge in [-0.3, -0.25) is 18.8 Å². The second-order valence-electron chi connectivity index (χ2n) is 23.3. The molecule has 2 aliphatic heterocycles. The number of aliphatic hydroxyl groups is 1. The molecule has 0 spiro atoms. The van der Waals surface area contributed by atoms with Crippen LogP contribution in [0.5, 0.6) is 11.5 Å². The Morgan fingerprint density at radius 1 is 0.636 bits per heavy atom. The molecule has 2 N–H and O–H groups in total. The van der Waals surface area contributed by atoms with Crippen LogP contribution in [-0.2, 0) is 27.1 Å². The zero-order valence-corrected chi connectivity index (χ0v) is 46.2. The number of carboxylic acids is 1. The third kappa shape index (κ3) is 9.31. The molecular formula is C64H68N6O7. The molecule has 77 heavy (non-hydrogen) atoms. The number of nitrogens with zero attached hydrogens (tertiary/aromatic N) is 6. The van der Waals surface area contributed by atoms with Crippen molar-refractivity contribution in [3.8, 4) is 33.8 Å². The van der Waals surface area contributed by atoms with Crippen LogP contribution in [0.2, 0.25) is 0 Å². The third-order valence-corrected chi connectivity index (χ3v) is 14.8. The fraction of sp³-hybridized carbons (Fsp3) is 0.359. The second kappa shape index (κ2) is 19.5. The summed E-state index contributed by atoms with van der Waals surface area (Å²) in [6, 6.07) is 24.8. The first-order valence-electron chi connectivity index (χ1n) is 26.9. The van der Waals surface area contributed by atoms with Crippen LogP contribution in [0, 0.1) is 13.8 Å². The van der Waals surface area contributed by atoms with E-state index < -0.39 is 29.4 Å². The first-order valence-corrected chi connectivity index (χ1v) is 26.9. The molecule has 0 aliphatic carbocycles. The first kappa shape index (κ1) is 51.6. The normalized spacial score (nSPS) is 14.4. The minimum absolute atomic E-state index is 0.126. The zero-order chi connectivity index (χ0) is 54.4. The van der Waals surface area contributed by atoms with Gasteiger partial charge in [-0.1, -0.05) is 27.7 Å². The van der Waals surface area contributed by atoms with Crippen molar-refractivity contribution < 1.29 is 34.0 Å². The summed E-state index contributed by atoms with van der Waals surface area (Å²) in [5.74, 6) is 1.26. The lowest BCUT2D eigenvalue weighted by Crippen LogP contribution is -2.28. The Balaban J connectivity index is 0.000000164. The summed E-state index contributed by atoms with van der Waals surface area (Å²) >= 11 is 0. The van der Waals surface area contributed by atoms with Gasteiger partial charge in [0.1, 0.15) is 28.9 Å². The molecule has 396 valence electrons. The quantitative estimate of drug-likeness (QED) is 0.134. The van der Waals surface area contributed by atoms with Crippen LogP contribution in [0.15, 0.2) is 97.6 Å². The molecule has 10 aromatic rings. The minimum atomic E-state index is -1.17. The van der Waals surface area contributed by atoms with Gasteiger partial charge in [0.15, 0.2) is 6.10 Å².